The van der Waals surface area contributed by atoms with Gasteiger partial charge in [0.2, 0.25) is 11.0 Å². The molecular formula is C14H21N5O4S. The number of nitrogens with one attached hydrogen (secondary N) is 1. The third kappa shape index (κ3) is 3.82. The van der Waals surface area contributed by atoms with Crippen molar-refractivity contribution in [2.75, 3.05) is 45.7 Å². The van der Waals surface area contributed by atoms with Crippen LogP contribution in [0.25, 0.3) is 0 Å². The number of likely N-dealkylation sites (tertiary alicyclic amines) is 1. The lowest BCUT2D eigenvalue weighted by Gasteiger charge is -2.37. The van der Waals surface area contributed by atoms with E-state index in [1.54, 1.807) is 19.1 Å². The van der Waals surface area contributed by atoms with Crippen molar-refractivity contribution in [1.82, 2.24) is 20.0 Å². The Kier molecular flexibility index (Phi) is 4.97. The monoisotopic (exact) mass is 355 g/mol. The van der Waals surface area contributed by atoms with E-state index < -0.39 is 5.60 Å². The number of piperidine rings is 1. The molecule has 1 atom stereocenters. The van der Waals surface area contributed by atoms with Crippen molar-refractivity contribution >= 4 is 28.5 Å². The fraction of sp³-hybridized carbons (Fsp3) is 0.714. The van der Waals surface area contributed by atoms with Crippen molar-refractivity contribution in [3.8, 4) is 0 Å². The van der Waals surface area contributed by atoms with Crippen molar-refractivity contribution < 1.29 is 19.1 Å². The van der Waals surface area contributed by atoms with Crippen LogP contribution < -0.4 is 5.32 Å². The first-order valence-electron chi connectivity index (χ1n) is 7.77. The largest absolute Gasteiger partial charge is 0.440 e. The Morgan fingerprint density at radius 1 is 1.46 bits per heavy atom. The molecule has 0 aromatic carbocycles. The molecule has 0 radical (unpaired) electrons. The zero-order chi connectivity index (χ0) is 17.2. The van der Waals surface area contributed by atoms with Gasteiger partial charge in [0.25, 0.3) is 0 Å². The minimum Gasteiger partial charge on any atom is -0.440 e. The van der Waals surface area contributed by atoms with Crippen LogP contribution in [0, 0.1) is 0 Å². The van der Waals surface area contributed by atoms with Gasteiger partial charge in [0.15, 0.2) is 0 Å². The fourth-order valence-electron chi connectivity index (χ4n) is 3.18. The van der Waals surface area contributed by atoms with Crippen molar-refractivity contribution in [2.45, 2.75) is 25.0 Å². The summed E-state index contributed by atoms with van der Waals surface area (Å²) < 4.78 is 10.5. The second-order valence-electron chi connectivity index (χ2n) is 6.20. The highest BCUT2D eigenvalue weighted by Crippen LogP contribution is 2.31. The SMILES string of the molecule is COCc1nnc(NC(=O)CN2CCC[C@@]3(C2)CN(C)C(=O)O3)s1. The highest BCUT2D eigenvalue weighted by molar-refractivity contribution is 7.15. The summed E-state index contributed by atoms with van der Waals surface area (Å²) in [5.41, 5.74) is -0.487. The molecule has 2 aliphatic rings. The normalized spacial score (nSPS) is 24.4. The van der Waals surface area contributed by atoms with E-state index in [4.69, 9.17) is 9.47 Å². The number of anilines is 1. The fourth-order valence-corrected chi connectivity index (χ4v) is 3.91. The summed E-state index contributed by atoms with van der Waals surface area (Å²) in [6, 6.07) is 0. The molecule has 132 valence electrons. The van der Waals surface area contributed by atoms with Crippen LogP contribution in [0.15, 0.2) is 0 Å². The molecule has 1 N–H and O–H groups in total. The van der Waals surface area contributed by atoms with Crippen LogP contribution in [-0.4, -0.2) is 77.9 Å². The second kappa shape index (κ2) is 6.99. The number of nitrogens with zero attached hydrogens (tertiary/aromatic N) is 4. The third-order valence-corrected chi connectivity index (χ3v) is 4.92. The molecule has 2 saturated heterocycles. The number of rotatable bonds is 5. The van der Waals surface area contributed by atoms with Gasteiger partial charge < -0.3 is 14.4 Å². The highest BCUT2D eigenvalue weighted by Gasteiger charge is 2.46. The predicted octanol–water partition coefficient (Wildman–Crippen LogP) is 0.540. The van der Waals surface area contributed by atoms with E-state index in [1.807, 2.05) is 4.90 Å². The maximum atomic E-state index is 12.2. The molecule has 2 fully saturated rings. The van der Waals surface area contributed by atoms with Gasteiger partial charge in [-0.25, -0.2) is 4.79 Å². The third-order valence-electron chi connectivity index (χ3n) is 4.11. The Labute approximate surface area is 143 Å². The molecule has 1 aromatic rings. The van der Waals surface area contributed by atoms with Crippen molar-refractivity contribution in [1.29, 1.82) is 0 Å². The summed E-state index contributed by atoms with van der Waals surface area (Å²) in [6.07, 6.45) is 1.43. The van der Waals surface area contributed by atoms with Gasteiger partial charge in [0, 0.05) is 20.7 Å². The van der Waals surface area contributed by atoms with Crippen LogP contribution in [0.5, 0.6) is 0 Å². The van der Waals surface area contributed by atoms with E-state index in [0.717, 1.165) is 19.4 Å². The van der Waals surface area contributed by atoms with Gasteiger partial charge in [-0.1, -0.05) is 11.3 Å². The van der Waals surface area contributed by atoms with Crippen LogP contribution in [0.3, 0.4) is 0 Å². The van der Waals surface area contributed by atoms with E-state index >= 15 is 0 Å². The van der Waals surface area contributed by atoms with Gasteiger partial charge in [-0.05, 0) is 19.4 Å². The van der Waals surface area contributed by atoms with E-state index in [9.17, 15) is 9.59 Å². The van der Waals surface area contributed by atoms with Crippen molar-refractivity contribution in [3.05, 3.63) is 5.01 Å². The highest BCUT2D eigenvalue weighted by atomic mass is 32.1. The smallest absolute Gasteiger partial charge is 0.410 e. The second-order valence-corrected chi connectivity index (χ2v) is 7.27. The van der Waals surface area contributed by atoms with Gasteiger partial charge in [0.1, 0.15) is 17.2 Å². The molecule has 2 amide bonds. The quantitative estimate of drug-likeness (QED) is 0.823. The number of carbonyl (C=O) groups excluding carboxylic acids is 2. The van der Waals surface area contributed by atoms with E-state index in [-0.39, 0.29) is 18.5 Å². The molecule has 1 spiro atoms. The average molecular weight is 355 g/mol. The first-order chi connectivity index (χ1) is 11.5. The minimum absolute atomic E-state index is 0.148. The summed E-state index contributed by atoms with van der Waals surface area (Å²) in [5, 5.41) is 11.8. The van der Waals surface area contributed by atoms with Crippen LogP contribution in [0.1, 0.15) is 17.8 Å². The van der Waals surface area contributed by atoms with E-state index in [2.05, 4.69) is 15.5 Å². The Morgan fingerprint density at radius 2 is 2.29 bits per heavy atom. The number of ether oxygens (including phenoxy) is 2. The molecule has 0 saturated carbocycles. The lowest BCUT2D eigenvalue weighted by Crippen LogP contribution is -2.52. The van der Waals surface area contributed by atoms with Crippen LogP contribution >= 0.6 is 11.3 Å². The average Bonchev–Trinajstić information content (AvgIpc) is 3.04. The Bertz CT molecular complexity index is 624. The lowest BCUT2D eigenvalue weighted by atomic mass is 9.93. The number of carbonyl (C=O) groups is 2. The molecule has 24 heavy (non-hydrogen) atoms. The first-order valence-corrected chi connectivity index (χ1v) is 8.59. The van der Waals surface area contributed by atoms with Crippen molar-refractivity contribution in [2.24, 2.45) is 0 Å². The summed E-state index contributed by atoms with van der Waals surface area (Å²) >= 11 is 1.29. The van der Waals surface area contributed by atoms with Gasteiger partial charge in [-0.3, -0.25) is 15.0 Å². The van der Waals surface area contributed by atoms with Crippen LogP contribution in [0.2, 0.25) is 0 Å². The van der Waals surface area contributed by atoms with Gasteiger partial charge in [0.05, 0.1) is 13.1 Å². The van der Waals surface area contributed by atoms with Crippen LogP contribution in [0.4, 0.5) is 9.93 Å². The van der Waals surface area contributed by atoms with Gasteiger partial charge in [-0.2, -0.15) is 0 Å². The maximum absolute atomic E-state index is 12.2. The number of hydrogen-bond acceptors (Lipinski definition) is 8. The van der Waals surface area contributed by atoms with Crippen molar-refractivity contribution in [3.63, 3.8) is 0 Å². The molecule has 9 nitrogen and oxygen atoms in total. The first kappa shape index (κ1) is 17.1. The number of aromatic nitrogens is 2. The van der Waals surface area contributed by atoms with Gasteiger partial charge in [-0.15, -0.1) is 10.2 Å². The summed E-state index contributed by atoms with van der Waals surface area (Å²) in [5.74, 6) is -0.148. The number of methoxy groups -OCH3 is 1. The molecule has 0 bridgehead atoms. The summed E-state index contributed by atoms with van der Waals surface area (Å²) in [6.45, 7) is 2.56. The zero-order valence-electron chi connectivity index (χ0n) is 13.8. The summed E-state index contributed by atoms with van der Waals surface area (Å²) in [7, 11) is 3.31. The van der Waals surface area contributed by atoms with Crippen LogP contribution in [-0.2, 0) is 20.9 Å². The predicted molar refractivity (Wildman–Crippen MR) is 86.8 cm³/mol. The topological polar surface area (TPSA) is 96.9 Å². The molecule has 2 aliphatic heterocycles. The van der Waals surface area contributed by atoms with E-state index in [1.165, 1.54) is 11.3 Å². The Balaban J connectivity index is 1.53. The Hall–Kier alpha value is -1.78. The number of amides is 2. The molecule has 3 rings (SSSR count). The maximum Gasteiger partial charge on any atom is 0.410 e. The molecular weight excluding hydrogens is 334 g/mol. The molecule has 1 aromatic heterocycles. The Morgan fingerprint density at radius 3 is 3.00 bits per heavy atom. The van der Waals surface area contributed by atoms with Gasteiger partial charge >= 0.3 is 6.09 Å². The molecule has 0 aliphatic carbocycles. The molecule has 10 heteroatoms. The summed E-state index contributed by atoms with van der Waals surface area (Å²) in [4.78, 5) is 27.5. The van der Waals surface area contributed by atoms with E-state index in [0.29, 0.717) is 29.8 Å². The number of hydrogen-bond donors (Lipinski definition) is 1. The lowest BCUT2D eigenvalue weighted by molar-refractivity contribution is -0.118. The zero-order valence-corrected chi connectivity index (χ0v) is 14.6. The molecule has 3 heterocycles. The number of likely N-dealkylation sites (N-methyl/N-ethyl adjacent to an activating group) is 1. The minimum atomic E-state index is -0.487. The molecule has 0 unspecified atom stereocenters. The standard InChI is InChI=1S/C14H21N5O4S/c1-18-8-14(23-13(18)21)4-3-5-19(9-14)6-10(20)15-12-17-16-11(24-12)7-22-2/h3-9H2,1-2H3,(H,15,17,20)/t14-/m0/s1.